The van der Waals surface area contributed by atoms with Crippen molar-refractivity contribution in [1.29, 1.82) is 5.26 Å². The molecule has 1 rings (SSSR count). The molecule has 0 bridgehead atoms. The van der Waals surface area contributed by atoms with Crippen LogP contribution >= 0.6 is 11.3 Å². The lowest BCUT2D eigenvalue weighted by Crippen LogP contribution is -2.11. The monoisotopic (exact) mass is 244 g/mol. The zero-order chi connectivity index (χ0) is 11.9. The number of hydrogen-bond acceptors (Lipinski definition) is 4. The lowest BCUT2D eigenvalue weighted by Gasteiger charge is -2.14. The number of thiophene rings is 1. The summed E-state index contributed by atoms with van der Waals surface area (Å²) in [6, 6.07) is 3.43. The molecule has 1 heterocycles. The van der Waals surface area contributed by atoms with Crippen LogP contribution in [0.1, 0.15) is 31.2 Å². The maximum absolute atomic E-state index is 11.2. The van der Waals surface area contributed by atoms with Crippen LogP contribution < -0.4 is 5.14 Å². The summed E-state index contributed by atoms with van der Waals surface area (Å²) in [7, 11) is -3.79. The Morgan fingerprint density at radius 1 is 1.47 bits per heavy atom. The molecular formula is C9H12N2O2S2. The summed E-state index contributed by atoms with van der Waals surface area (Å²) >= 11 is 1.06. The second-order valence-electron chi connectivity index (χ2n) is 4.22. The Hall–Kier alpha value is -0.900. The van der Waals surface area contributed by atoms with Crippen molar-refractivity contribution in [3.8, 4) is 6.07 Å². The highest BCUT2D eigenvalue weighted by atomic mass is 32.2. The number of rotatable bonds is 1. The van der Waals surface area contributed by atoms with Gasteiger partial charge in [0.25, 0.3) is 0 Å². The molecule has 15 heavy (non-hydrogen) atoms. The van der Waals surface area contributed by atoms with E-state index in [0.29, 0.717) is 0 Å². The smallest absolute Gasteiger partial charge is 0.224 e. The van der Waals surface area contributed by atoms with Gasteiger partial charge in [0.05, 0.1) is 5.56 Å². The molecule has 0 saturated carbocycles. The van der Waals surface area contributed by atoms with Crippen molar-refractivity contribution in [2.24, 2.45) is 5.14 Å². The average Bonchev–Trinajstić information content (AvgIpc) is 2.44. The molecule has 0 unspecified atom stereocenters. The molecular weight excluding hydrogens is 232 g/mol. The first-order valence-electron chi connectivity index (χ1n) is 4.23. The van der Waals surface area contributed by atoms with Gasteiger partial charge in [0.15, 0.2) is 4.21 Å². The van der Waals surface area contributed by atoms with E-state index in [-0.39, 0.29) is 15.2 Å². The molecule has 0 spiro atoms. The Balaban J connectivity index is 3.46. The van der Waals surface area contributed by atoms with Gasteiger partial charge < -0.3 is 0 Å². The van der Waals surface area contributed by atoms with Gasteiger partial charge in [-0.25, -0.2) is 13.6 Å². The largest absolute Gasteiger partial charge is 0.248 e. The maximum Gasteiger partial charge on any atom is 0.248 e. The molecule has 0 aromatic carbocycles. The molecule has 0 atom stereocenters. The highest BCUT2D eigenvalue weighted by Crippen LogP contribution is 2.34. The Morgan fingerprint density at radius 2 is 2.00 bits per heavy atom. The first-order chi connectivity index (χ1) is 6.66. The van der Waals surface area contributed by atoms with E-state index in [2.05, 4.69) is 0 Å². The molecule has 1 aromatic rings. The van der Waals surface area contributed by atoms with Crippen LogP contribution in [0.25, 0.3) is 0 Å². The zero-order valence-electron chi connectivity index (χ0n) is 8.73. The van der Waals surface area contributed by atoms with Crippen LogP contribution in [0.2, 0.25) is 0 Å². The van der Waals surface area contributed by atoms with Crippen molar-refractivity contribution in [3.63, 3.8) is 0 Å². The van der Waals surface area contributed by atoms with Crippen LogP contribution in [0.4, 0.5) is 0 Å². The van der Waals surface area contributed by atoms with Gasteiger partial charge in [-0.05, 0) is 11.5 Å². The second-order valence-corrected chi connectivity index (χ2v) is 7.03. The Kier molecular flexibility index (Phi) is 2.92. The molecule has 82 valence electrons. The highest BCUT2D eigenvalue weighted by Gasteiger charge is 2.24. The van der Waals surface area contributed by atoms with Crippen LogP contribution in [0.3, 0.4) is 0 Å². The Morgan fingerprint density at radius 3 is 2.27 bits per heavy atom. The molecule has 0 aliphatic rings. The van der Waals surface area contributed by atoms with Crippen molar-refractivity contribution in [1.82, 2.24) is 0 Å². The molecule has 4 nitrogen and oxygen atoms in total. The van der Waals surface area contributed by atoms with E-state index in [9.17, 15) is 8.42 Å². The summed E-state index contributed by atoms with van der Waals surface area (Å²) in [5, 5.41) is 13.8. The van der Waals surface area contributed by atoms with Gasteiger partial charge in [0.2, 0.25) is 10.0 Å². The van der Waals surface area contributed by atoms with E-state index in [1.54, 1.807) is 6.07 Å². The van der Waals surface area contributed by atoms with Crippen LogP contribution in [0.15, 0.2) is 10.3 Å². The first-order valence-corrected chi connectivity index (χ1v) is 6.60. The molecule has 1 aromatic heterocycles. The third-order valence-electron chi connectivity index (χ3n) is 1.82. The minimum absolute atomic E-state index is 0.0464. The fourth-order valence-electron chi connectivity index (χ4n) is 1.03. The van der Waals surface area contributed by atoms with Crippen LogP contribution in [0.5, 0.6) is 0 Å². The molecule has 0 aliphatic carbocycles. The predicted molar refractivity (Wildman–Crippen MR) is 59.1 cm³/mol. The Labute approximate surface area is 93.4 Å². The minimum Gasteiger partial charge on any atom is -0.224 e. The van der Waals surface area contributed by atoms with Gasteiger partial charge in [-0.2, -0.15) is 5.26 Å². The van der Waals surface area contributed by atoms with Crippen molar-refractivity contribution >= 4 is 21.4 Å². The predicted octanol–water partition coefficient (Wildman–Crippen LogP) is 1.56. The SMILES string of the molecule is CC(C)(C)c1cc(C#N)c(S(N)(=O)=O)s1. The van der Waals surface area contributed by atoms with Crippen molar-refractivity contribution in [2.45, 2.75) is 30.4 Å². The summed E-state index contributed by atoms with van der Waals surface area (Å²) in [6.45, 7) is 5.85. The average molecular weight is 244 g/mol. The van der Waals surface area contributed by atoms with E-state index in [0.717, 1.165) is 16.2 Å². The quantitative estimate of drug-likeness (QED) is 0.813. The van der Waals surface area contributed by atoms with E-state index in [1.165, 1.54) is 0 Å². The summed E-state index contributed by atoms with van der Waals surface area (Å²) < 4.78 is 22.3. The van der Waals surface area contributed by atoms with Crippen molar-refractivity contribution < 1.29 is 8.42 Å². The number of nitriles is 1. The van der Waals surface area contributed by atoms with Crippen molar-refractivity contribution in [2.75, 3.05) is 0 Å². The standard InChI is InChI=1S/C9H12N2O2S2/c1-9(2,3)7-4-6(5-10)8(14-7)15(11,12)13/h4H,1-3H3,(H2,11,12,13). The van der Waals surface area contributed by atoms with Gasteiger partial charge in [-0.1, -0.05) is 20.8 Å². The first kappa shape index (κ1) is 12.2. The highest BCUT2D eigenvalue weighted by molar-refractivity contribution is 7.91. The van der Waals surface area contributed by atoms with Crippen LogP contribution in [-0.2, 0) is 15.4 Å². The topological polar surface area (TPSA) is 83.9 Å². The minimum atomic E-state index is -3.79. The second kappa shape index (κ2) is 3.59. The Bertz CT molecular complexity index is 515. The molecule has 2 N–H and O–H groups in total. The fraction of sp³-hybridized carbons (Fsp3) is 0.444. The number of hydrogen-bond donors (Lipinski definition) is 1. The van der Waals surface area contributed by atoms with E-state index in [1.807, 2.05) is 26.8 Å². The third kappa shape index (κ3) is 2.56. The summed E-state index contributed by atoms with van der Waals surface area (Å²) in [6.07, 6.45) is 0. The number of sulfonamides is 1. The van der Waals surface area contributed by atoms with Gasteiger partial charge in [0, 0.05) is 4.88 Å². The number of primary sulfonamides is 1. The fourth-order valence-corrected chi connectivity index (χ4v) is 3.08. The maximum atomic E-state index is 11.2. The molecule has 0 saturated heterocycles. The van der Waals surface area contributed by atoms with E-state index >= 15 is 0 Å². The summed E-state index contributed by atoms with van der Waals surface area (Å²) in [5.41, 5.74) is -0.0495. The van der Waals surface area contributed by atoms with Crippen LogP contribution in [0, 0.1) is 11.3 Å². The summed E-state index contributed by atoms with van der Waals surface area (Å²) in [5.74, 6) is 0. The normalized spacial score (nSPS) is 12.5. The molecule has 0 fully saturated rings. The molecule has 0 aliphatic heterocycles. The van der Waals surface area contributed by atoms with Gasteiger partial charge in [-0.15, -0.1) is 11.3 Å². The van der Waals surface area contributed by atoms with E-state index < -0.39 is 10.0 Å². The van der Waals surface area contributed by atoms with Gasteiger partial charge in [-0.3, -0.25) is 0 Å². The zero-order valence-corrected chi connectivity index (χ0v) is 10.4. The molecule has 0 radical (unpaired) electrons. The number of nitrogens with zero attached hydrogens (tertiary/aromatic N) is 1. The van der Waals surface area contributed by atoms with Gasteiger partial charge >= 0.3 is 0 Å². The summed E-state index contributed by atoms with van der Waals surface area (Å²) in [4.78, 5) is 0.836. The van der Waals surface area contributed by atoms with Crippen molar-refractivity contribution in [3.05, 3.63) is 16.5 Å². The van der Waals surface area contributed by atoms with Gasteiger partial charge in [0.1, 0.15) is 6.07 Å². The number of nitrogens with two attached hydrogens (primary N) is 1. The van der Waals surface area contributed by atoms with E-state index in [4.69, 9.17) is 10.4 Å². The van der Waals surface area contributed by atoms with Crippen LogP contribution in [-0.4, -0.2) is 8.42 Å². The lowest BCUT2D eigenvalue weighted by atomic mass is 9.94. The molecule has 6 heteroatoms. The third-order valence-corrected chi connectivity index (χ3v) is 4.86. The lowest BCUT2D eigenvalue weighted by molar-refractivity contribution is 0.599. The molecule has 0 amide bonds.